The number of aryl methyl sites for hydroxylation is 1. The van der Waals surface area contributed by atoms with Gasteiger partial charge < -0.3 is 5.32 Å². The Morgan fingerprint density at radius 2 is 1.93 bits per heavy atom. The van der Waals surface area contributed by atoms with Gasteiger partial charge in [-0.3, -0.25) is 0 Å². The third kappa shape index (κ3) is 3.88. The number of rotatable bonds is 2. The fourth-order valence-electron chi connectivity index (χ4n) is 1.16. The molecule has 0 aromatic carbocycles. The van der Waals surface area contributed by atoms with Crippen LogP contribution in [0.4, 0.5) is 5.69 Å². The van der Waals surface area contributed by atoms with Crippen LogP contribution in [0.25, 0.3) is 0 Å². The molecule has 0 amide bonds. The van der Waals surface area contributed by atoms with Crippen molar-refractivity contribution in [2.45, 2.75) is 27.7 Å². The maximum absolute atomic E-state index is 6.01. The summed E-state index contributed by atoms with van der Waals surface area (Å²) in [5.41, 5.74) is 2.09. The molecule has 0 radical (unpaired) electrons. The standard InChI is InChI=1S/C11H16Cl2N2/c1-7-5-8(12)15-10(13)9(7)14-6-11(2,3)4/h5,14H,6H2,1-4H3. The van der Waals surface area contributed by atoms with Crippen molar-refractivity contribution in [2.24, 2.45) is 5.41 Å². The van der Waals surface area contributed by atoms with Crippen molar-refractivity contribution in [3.05, 3.63) is 21.9 Å². The highest BCUT2D eigenvalue weighted by Crippen LogP contribution is 2.27. The number of nitrogens with zero attached hydrogens (tertiary/aromatic N) is 1. The Morgan fingerprint density at radius 3 is 2.40 bits per heavy atom. The van der Waals surface area contributed by atoms with Crippen LogP contribution in [0.5, 0.6) is 0 Å². The fourth-order valence-corrected chi connectivity index (χ4v) is 1.76. The van der Waals surface area contributed by atoms with Crippen LogP contribution >= 0.6 is 23.2 Å². The van der Waals surface area contributed by atoms with Crippen LogP contribution in [-0.2, 0) is 0 Å². The second kappa shape index (κ2) is 4.58. The first-order valence-corrected chi connectivity index (χ1v) is 5.62. The monoisotopic (exact) mass is 246 g/mol. The average molecular weight is 247 g/mol. The molecule has 0 spiro atoms. The average Bonchev–Trinajstić information content (AvgIpc) is 1.99. The van der Waals surface area contributed by atoms with E-state index < -0.39 is 0 Å². The third-order valence-electron chi connectivity index (χ3n) is 1.94. The van der Waals surface area contributed by atoms with Crippen LogP contribution in [0.3, 0.4) is 0 Å². The summed E-state index contributed by atoms with van der Waals surface area (Å²) in [5, 5.41) is 4.16. The Labute approximate surface area is 101 Å². The molecule has 0 saturated heterocycles. The van der Waals surface area contributed by atoms with Gasteiger partial charge in [0.25, 0.3) is 0 Å². The summed E-state index contributed by atoms with van der Waals surface area (Å²) in [7, 11) is 0. The topological polar surface area (TPSA) is 24.9 Å². The van der Waals surface area contributed by atoms with Gasteiger partial charge in [-0.25, -0.2) is 4.98 Å². The van der Waals surface area contributed by atoms with Crippen LogP contribution in [0, 0.1) is 12.3 Å². The first-order valence-electron chi connectivity index (χ1n) is 4.86. The Balaban J connectivity index is 2.86. The van der Waals surface area contributed by atoms with Crippen molar-refractivity contribution in [1.29, 1.82) is 0 Å². The first-order chi connectivity index (χ1) is 6.79. The fraction of sp³-hybridized carbons (Fsp3) is 0.545. The second-order valence-corrected chi connectivity index (χ2v) is 5.59. The summed E-state index contributed by atoms with van der Waals surface area (Å²) in [5.74, 6) is 0. The molecule has 0 saturated carbocycles. The van der Waals surface area contributed by atoms with E-state index >= 15 is 0 Å². The summed E-state index contributed by atoms with van der Waals surface area (Å²) >= 11 is 11.8. The normalized spacial score (nSPS) is 11.6. The van der Waals surface area contributed by atoms with Gasteiger partial charge in [-0.15, -0.1) is 0 Å². The largest absolute Gasteiger partial charge is 0.382 e. The van der Waals surface area contributed by atoms with Gasteiger partial charge >= 0.3 is 0 Å². The van der Waals surface area contributed by atoms with Crippen molar-refractivity contribution >= 4 is 28.9 Å². The smallest absolute Gasteiger partial charge is 0.154 e. The molecule has 1 heterocycles. The van der Waals surface area contributed by atoms with Gasteiger partial charge in [-0.2, -0.15) is 0 Å². The molecule has 0 aliphatic rings. The van der Waals surface area contributed by atoms with Crippen molar-refractivity contribution in [3.63, 3.8) is 0 Å². The van der Waals surface area contributed by atoms with Crippen molar-refractivity contribution in [2.75, 3.05) is 11.9 Å². The van der Waals surface area contributed by atoms with Crippen LogP contribution in [-0.4, -0.2) is 11.5 Å². The summed E-state index contributed by atoms with van der Waals surface area (Å²) in [4.78, 5) is 4.00. The highest BCUT2D eigenvalue weighted by molar-refractivity contribution is 6.34. The molecule has 84 valence electrons. The van der Waals surface area contributed by atoms with Crippen molar-refractivity contribution in [1.82, 2.24) is 4.98 Å². The van der Waals surface area contributed by atoms with E-state index in [-0.39, 0.29) is 5.41 Å². The predicted molar refractivity (Wildman–Crippen MR) is 66.9 cm³/mol. The lowest BCUT2D eigenvalue weighted by Crippen LogP contribution is -2.19. The zero-order valence-electron chi connectivity index (χ0n) is 9.49. The zero-order valence-corrected chi connectivity index (χ0v) is 11.0. The molecular weight excluding hydrogens is 231 g/mol. The Kier molecular flexibility index (Phi) is 3.85. The van der Waals surface area contributed by atoms with Gasteiger partial charge in [0, 0.05) is 6.54 Å². The number of nitrogens with one attached hydrogen (secondary N) is 1. The van der Waals surface area contributed by atoms with E-state index in [1.807, 2.05) is 6.92 Å². The molecule has 1 aromatic heterocycles. The van der Waals surface area contributed by atoms with E-state index in [0.717, 1.165) is 17.8 Å². The van der Waals surface area contributed by atoms with Crippen LogP contribution < -0.4 is 5.32 Å². The maximum atomic E-state index is 6.01. The Morgan fingerprint density at radius 1 is 1.33 bits per heavy atom. The molecule has 0 unspecified atom stereocenters. The van der Waals surface area contributed by atoms with E-state index in [1.54, 1.807) is 6.07 Å². The molecule has 15 heavy (non-hydrogen) atoms. The number of halogens is 2. The summed E-state index contributed by atoms with van der Waals surface area (Å²) in [6, 6.07) is 1.80. The van der Waals surface area contributed by atoms with E-state index in [0.29, 0.717) is 10.3 Å². The quantitative estimate of drug-likeness (QED) is 0.794. The molecular formula is C11H16Cl2N2. The molecule has 0 fully saturated rings. The number of hydrogen-bond acceptors (Lipinski definition) is 2. The molecule has 0 bridgehead atoms. The van der Waals surface area contributed by atoms with Gasteiger partial charge in [0.2, 0.25) is 0 Å². The summed E-state index contributed by atoms with van der Waals surface area (Å²) in [6.07, 6.45) is 0. The molecule has 0 aliphatic carbocycles. The van der Waals surface area contributed by atoms with Gasteiger partial charge in [0.15, 0.2) is 5.15 Å². The lowest BCUT2D eigenvalue weighted by molar-refractivity contribution is 0.443. The highest BCUT2D eigenvalue weighted by atomic mass is 35.5. The molecule has 0 aliphatic heterocycles. The van der Waals surface area contributed by atoms with Gasteiger partial charge in [-0.1, -0.05) is 44.0 Å². The zero-order chi connectivity index (χ0) is 11.6. The number of hydrogen-bond donors (Lipinski definition) is 1. The van der Waals surface area contributed by atoms with Crippen LogP contribution in [0.2, 0.25) is 10.3 Å². The first kappa shape index (κ1) is 12.6. The Hall–Kier alpha value is -0.470. The SMILES string of the molecule is Cc1cc(Cl)nc(Cl)c1NCC(C)(C)C. The van der Waals surface area contributed by atoms with Crippen molar-refractivity contribution < 1.29 is 0 Å². The lowest BCUT2D eigenvalue weighted by atomic mass is 9.97. The van der Waals surface area contributed by atoms with Gasteiger partial charge in [-0.05, 0) is 24.0 Å². The maximum Gasteiger partial charge on any atom is 0.154 e. The Bertz CT molecular complexity index is 333. The van der Waals surface area contributed by atoms with Crippen LogP contribution in [0.1, 0.15) is 26.3 Å². The highest BCUT2D eigenvalue weighted by Gasteiger charge is 2.13. The van der Waals surface area contributed by atoms with Gasteiger partial charge in [0.05, 0.1) is 5.69 Å². The van der Waals surface area contributed by atoms with E-state index in [4.69, 9.17) is 23.2 Å². The van der Waals surface area contributed by atoms with E-state index in [1.165, 1.54) is 0 Å². The van der Waals surface area contributed by atoms with E-state index in [2.05, 4.69) is 31.1 Å². The molecule has 1 aromatic rings. The molecule has 2 nitrogen and oxygen atoms in total. The minimum atomic E-state index is 0.204. The van der Waals surface area contributed by atoms with Crippen molar-refractivity contribution in [3.8, 4) is 0 Å². The predicted octanol–water partition coefficient (Wildman–Crippen LogP) is 4.15. The minimum absolute atomic E-state index is 0.204. The third-order valence-corrected chi connectivity index (χ3v) is 2.40. The second-order valence-electron chi connectivity index (χ2n) is 4.84. The minimum Gasteiger partial charge on any atom is -0.382 e. The lowest BCUT2D eigenvalue weighted by Gasteiger charge is -2.21. The summed E-state index contributed by atoms with van der Waals surface area (Å²) in [6.45, 7) is 9.28. The number of aromatic nitrogens is 1. The molecule has 4 heteroatoms. The molecule has 1 N–H and O–H groups in total. The number of anilines is 1. The summed E-state index contributed by atoms with van der Waals surface area (Å²) < 4.78 is 0. The van der Waals surface area contributed by atoms with Crippen LogP contribution in [0.15, 0.2) is 6.07 Å². The number of pyridine rings is 1. The molecule has 1 rings (SSSR count). The molecule has 0 atom stereocenters. The van der Waals surface area contributed by atoms with E-state index in [9.17, 15) is 0 Å². The van der Waals surface area contributed by atoms with Gasteiger partial charge in [0.1, 0.15) is 5.15 Å².